The van der Waals surface area contributed by atoms with Gasteiger partial charge in [-0.2, -0.15) is 0 Å². The first-order chi connectivity index (χ1) is 6.40. The molecule has 2 aliphatic rings. The number of allylic oxidation sites excluding steroid dienone is 3. The molecule has 0 N–H and O–H groups in total. The lowest BCUT2D eigenvalue weighted by molar-refractivity contribution is -0.107. The van der Waals surface area contributed by atoms with Crippen molar-refractivity contribution in [1.29, 1.82) is 0 Å². The molecule has 0 saturated heterocycles. The van der Waals surface area contributed by atoms with Gasteiger partial charge in [0.25, 0.3) is 0 Å². The third-order valence-electron chi connectivity index (χ3n) is 2.09. The monoisotopic (exact) mass is 178 g/mol. The SMILES string of the molecule is O=CCC1=CC2=C(CC1)OC=CO2. The third kappa shape index (κ3) is 1.64. The molecule has 0 unspecified atom stereocenters. The Kier molecular flexibility index (Phi) is 2.17. The fourth-order valence-electron chi connectivity index (χ4n) is 1.43. The van der Waals surface area contributed by atoms with E-state index >= 15 is 0 Å². The molecule has 3 nitrogen and oxygen atoms in total. The number of hydrogen-bond acceptors (Lipinski definition) is 3. The molecule has 0 aromatic rings. The second-order valence-electron chi connectivity index (χ2n) is 2.97. The van der Waals surface area contributed by atoms with Gasteiger partial charge in [0.05, 0.1) is 0 Å². The highest BCUT2D eigenvalue weighted by atomic mass is 16.5. The minimum absolute atomic E-state index is 0.490. The number of ether oxygens (including phenoxy) is 2. The number of carbonyl (C=O) groups is 1. The van der Waals surface area contributed by atoms with Crippen LogP contribution in [0.4, 0.5) is 0 Å². The summed E-state index contributed by atoms with van der Waals surface area (Å²) in [6, 6.07) is 0. The van der Waals surface area contributed by atoms with E-state index in [1.54, 1.807) is 0 Å². The van der Waals surface area contributed by atoms with Crippen LogP contribution in [-0.4, -0.2) is 6.29 Å². The van der Waals surface area contributed by atoms with E-state index in [1.165, 1.54) is 12.5 Å². The highest BCUT2D eigenvalue weighted by molar-refractivity contribution is 5.55. The first-order valence-electron chi connectivity index (χ1n) is 4.24. The quantitative estimate of drug-likeness (QED) is 0.607. The van der Waals surface area contributed by atoms with Crippen LogP contribution >= 0.6 is 0 Å². The molecule has 0 aromatic carbocycles. The number of carbonyl (C=O) groups excluding carboxylic acids is 1. The van der Waals surface area contributed by atoms with E-state index in [2.05, 4.69) is 0 Å². The topological polar surface area (TPSA) is 35.5 Å². The Morgan fingerprint density at radius 2 is 2.15 bits per heavy atom. The lowest BCUT2D eigenvalue weighted by Gasteiger charge is -2.19. The molecule has 1 heterocycles. The van der Waals surface area contributed by atoms with Crippen LogP contribution in [0.15, 0.2) is 35.7 Å². The lowest BCUT2D eigenvalue weighted by Crippen LogP contribution is -2.05. The van der Waals surface area contributed by atoms with Gasteiger partial charge in [-0.25, -0.2) is 0 Å². The standard InChI is InChI=1S/C10H10O3/c11-4-3-8-1-2-9-10(7-8)13-6-5-12-9/h4-7H,1-3H2. The van der Waals surface area contributed by atoms with Crippen molar-refractivity contribution in [2.45, 2.75) is 19.3 Å². The van der Waals surface area contributed by atoms with Crippen molar-refractivity contribution in [1.82, 2.24) is 0 Å². The highest BCUT2D eigenvalue weighted by Gasteiger charge is 2.16. The molecule has 1 aliphatic carbocycles. The van der Waals surface area contributed by atoms with Crippen molar-refractivity contribution in [2.24, 2.45) is 0 Å². The molecule has 2 rings (SSSR count). The Bertz CT molecular complexity index is 310. The Balaban J connectivity index is 2.16. The minimum atomic E-state index is 0.490. The van der Waals surface area contributed by atoms with Crippen molar-refractivity contribution in [2.75, 3.05) is 0 Å². The normalized spacial score (nSPS) is 19.8. The summed E-state index contributed by atoms with van der Waals surface area (Å²) in [6.45, 7) is 0. The third-order valence-corrected chi connectivity index (χ3v) is 2.09. The molecule has 0 bridgehead atoms. The molecule has 1 aliphatic heterocycles. The lowest BCUT2D eigenvalue weighted by atomic mass is 10.0. The van der Waals surface area contributed by atoms with Crippen LogP contribution in [0.1, 0.15) is 19.3 Å². The summed E-state index contributed by atoms with van der Waals surface area (Å²) in [6.07, 6.45) is 8.02. The van der Waals surface area contributed by atoms with Crippen LogP contribution in [0.2, 0.25) is 0 Å². The van der Waals surface area contributed by atoms with E-state index in [9.17, 15) is 4.79 Å². The number of rotatable bonds is 2. The summed E-state index contributed by atoms with van der Waals surface area (Å²) >= 11 is 0. The first kappa shape index (κ1) is 8.10. The Hall–Kier alpha value is -1.51. The van der Waals surface area contributed by atoms with Crippen LogP contribution < -0.4 is 0 Å². The van der Waals surface area contributed by atoms with Gasteiger partial charge < -0.3 is 14.3 Å². The molecule has 3 heteroatoms. The van der Waals surface area contributed by atoms with Crippen molar-refractivity contribution >= 4 is 6.29 Å². The fraction of sp³-hybridized carbons (Fsp3) is 0.300. The maximum Gasteiger partial charge on any atom is 0.164 e. The minimum Gasteiger partial charge on any atom is -0.462 e. The summed E-state index contributed by atoms with van der Waals surface area (Å²) in [5, 5.41) is 0. The van der Waals surface area contributed by atoms with Crippen LogP contribution in [-0.2, 0) is 14.3 Å². The molecular formula is C10H10O3. The second kappa shape index (κ2) is 3.47. The Morgan fingerprint density at radius 3 is 3.00 bits per heavy atom. The predicted molar refractivity (Wildman–Crippen MR) is 46.3 cm³/mol. The van der Waals surface area contributed by atoms with Gasteiger partial charge in [0.1, 0.15) is 24.6 Å². The molecule has 0 aromatic heterocycles. The van der Waals surface area contributed by atoms with E-state index in [0.29, 0.717) is 6.42 Å². The molecule has 0 saturated carbocycles. The highest BCUT2D eigenvalue weighted by Crippen LogP contribution is 2.29. The smallest absolute Gasteiger partial charge is 0.164 e. The first-order valence-corrected chi connectivity index (χ1v) is 4.24. The zero-order valence-electron chi connectivity index (χ0n) is 7.16. The van der Waals surface area contributed by atoms with Crippen LogP contribution in [0.5, 0.6) is 0 Å². The van der Waals surface area contributed by atoms with E-state index in [4.69, 9.17) is 9.47 Å². The van der Waals surface area contributed by atoms with Gasteiger partial charge >= 0.3 is 0 Å². The molecule has 0 amide bonds. The van der Waals surface area contributed by atoms with Gasteiger partial charge in [0, 0.05) is 12.8 Å². The van der Waals surface area contributed by atoms with E-state index in [1.807, 2.05) is 6.08 Å². The number of hydrogen-bond donors (Lipinski definition) is 0. The molecule has 0 radical (unpaired) electrons. The van der Waals surface area contributed by atoms with E-state index in [0.717, 1.165) is 36.2 Å². The molecule has 0 spiro atoms. The van der Waals surface area contributed by atoms with Gasteiger partial charge in [-0.05, 0) is 12.5 Å². The summed E-state index contributed by atoms with van der Waals surface area (Å²) in [5.41, 5.74) is 1.10. The number of aldehydes is 1. The average Bonchev–Trinajstić information content (AvgIpc) is 2.18. The molecular weight excluding hydrogens is 168 g/mol. The van der Waals surface area contributed by atoms with Crippen molar-refractivity contribution < 1.29 is 14.3 Å². The average molecular weight is 178 g/mol. The Labute approximate surface area is 76.3 Å². The van der Waals surface area contributed by atoms with Crippen LogP contribution in [0.25, 0.3) is 0 Å². The van der Waals surface area contributed by atoms with Crippen molar-refractivity contribution in [3.63, 3.8) is 0 Å². The van der Waals surface area contributed by atoms with Gasteiger partial charge in [-0.1, -0.05) is 5.57 Å². The largest absolute Gasteiger partial charge is 0.462 e. The summed E-state index contributed by atoms with van der Waals surface area (Å²) in [7, 11) is 0. The van der Waals surface area contributed by atoms with Gasteiger partial charge in [0.15, 0.2) is 5.76 Å². The fourth-order valence-corrected chi connectivity index (χ4v) is 1.43. The molecule has 68 valence electrons. The van der Waals surface area contributed by atoms with Crippen molar-refractivity contribution in [3.8, 4) is 0 Å². The zero-order chi connectivity index (χ0) is 9.10. The summed E-state index contributed by atoms with van der Waals surface area (Å²) in [5.74, 6) is 1.60. The van der Waals surface area contributed by atoms with Gasteiger partial charge in [-0.3, -0.25) is 0 Å². The maximum absolute atomic E-state index is 10.3. The van der Waals surface area contributed by atoms with E-state index < -0.39 is 0 Å². The predicted octanol–water partition coefficient (Wildman–Crippen LogP) is 2.03. The van der Waals surface area contributed by atoms with Crippen LogP contribution in [0.3, 0.4) is 0 Å². The van der Waals surface area contributed by atoms with Crippen molar-refractivity contribution in [3.05, 3.63) is 35.7 Å². The maximum atomic E-state index is 10.3. The van der Waals surface area contributed by atoms with Gasteiger partial charge in [-0.15, -0.1) is 0 Å². The van der Waals surface area contributed by atoms with Gasteiger partial charge in [0.2, 0.25) is 0 Å². The summed E-state index contributed by atoms with van der Waals surface area (Å²) < 4.78 is 10.5. The second-order valence-corrected chi connectivity index (χ2v) is 2.97. The molecule has 0 fully saturated rings. The summed E-state index contributed by atoms with van der Waals surface area (Å²) in [4.78, 5) is 10.3. The molecule has 0 atom stereocenters. The zero-order valence-corrected chi connectivity index (χ0v) is 7.16. The van der Waals surface area contributed by atoms with E-state index in [-0.39, 0.29) is 0 Å². The Morgan fingerprint density at radius 1 is 1.31 bits per heavy atom. The van der Waals surface area contributed by atoms with Crippen LogP contribution in [0, 0.1) is 0 Å². The molecule has 13 heavy (non-hydrogen) atoms.